The number of benzene rings is 1. The number of aromatic carboxylic acids is 1. The Kier molecular flexibility index (Phi) is 4.53. The number of nitrogens with zero attached hydrogens (tertiary/aromatic N) is 1. The lowest BCUT2D eigenvalue weighted by molar-refractivity contribution is 0.0697. The van der Waals surface area contributed by atoms with Gasteiger partial charge in [0.1, 0.15) is 0 Å². The predicted octanol–water partition coefficient (Wildman–Crippen LogP) is 2.52. The number of sulfonamides is 1. The highest BCUT2D eigenvalue weighted by Gasteiger charge is 2.23. The maximum Gasteiger partial charge on any atom is 0.337 e. The van der Waals surface area contributed by atoms with Gasteiger partial charge in [0.05, 0.1) is 16.2 Å². The summed E-state index contributed by atoms with van der Waals surface area (Å²) in [7, 11) is -3.71. The van der Waals surface area contributed by atoms with Crippen molar-refractivity contribution in [1.82, 2.24) is 9.71 Å². The summed E-state index contributed by atoms with van der Waals surface area (Å²) in [4.78, 5) is 15.4. The van der Waals surface area contributed by atoms with E-state index in [-0.39, 0.29) is 16.2 Å². The molecule has 7 heteroatoms. The summed E-state index contributed by atoms with van der Waals surface area (Å²) < 4.78 is 27.4. The van der Waals surface area contributed by atoms with E-state index in [2.05, 4.69) is 9.71 Å². The molecule has 0 aliphatic rings. The van der Waals surface area contributed by atoms with Gasteiger partial charge in [0, 0.05) is 17.3 Å². The van der Waals surface area contributed by atoms with Gasteiger partial charge in [-0.1, -0.05) is 12.1 Å². The average molecular weight is 334 g/mol. The number of nitrogens with one attached hydrogen (secondary N) is 1. The molecule has 0 unspecified atom stereocenters. The number of rotatable bonds is 4. The number of aromatic nitrogens is 1. The highest BCUT2D eigenvalue weighted by Crippen LogP contribution is 2.24. The Balaban J connectivity index is 2.52. The minimum absolute atomic E-state index is 0.0193. The normalized spacial score (nSPS) is 12.1. The first-order chi connectivity index (χ1) is 10.6. The largest absolute Gasteiger partial charge is 0.478 e. The molecule has 0 aliphatic carbocycles. The summed E-state index contributed by atoms with van der Waals surface area (Å²) in [5.74, 6) is -1.12. The number of carboxylic acid groups (broad SMARTS) is 1. The van der Waals surface area contributed by atoms with Crippen LogP contribution < -0.4 is 4.72 Å². The molecule has 2 N–H and O–H groups in total. The zero-order valence-electron chi connectivity index (χ0n) is 13.1. The van der Waals surface area contributed by atoms with Crippen LogP contribution in [0.2, 0.25) is 0 Å². The first kappa shape index (κ1) is 17.1. The van der Waals surface area contributed by atoms with Crippen LogP contribution in [0.1, 0.15) is 31.1 Å². The first-order valence-electron chi connectivity index (χ1n) is 6.93. The van der Waals surface area contributed by atoms with Gasteiger partial charge in [-0.05, 0) is 45.0 Å². The molecule has 0 amide bonds. The second-order valence-corrected chi connectivity index (χ2v) is 7.77. The molecule has 1 heterocycles. The van der Waals surface area contributed by atoms with E-state index < -0.39 is 21.5 Å². The van der Waals surface area contributed by atoms with Crippen LogP contribution in [-0.2, 0) is 10.0 Å². The van der Waals surface area contributed by atoms with Crippen molar-refractivity contribution in [2.75, 3.05) is 0 Å². The Morgan fingerprint density at radius 2 is 1.87 bits per heavy atom. The van der Waals surface area contributed by atoms with E-state index in [1.165, 1.54) is 30.5 Å². The second kappa shape index (κ2) is 6.10. The van der Waals surface area contributed by atoms with Crippen molar-refractivity contribution >= 4 is 16.0 Å². The minimum Gasteiger partial charge on any atom is -0.478 e. The van der Waals surface area contributed by atoms with Crippen LogP contribution in [0.15, 0.2) is 47.5 Å². The predicted molar refractivity (Wildman–Crippen MR) is 86.7 cm³/mol. The smallest absolute Gasteiger partial charge is 0.337 e. The van der Waals surface area contributed by atoms with Gasteiger partial charge < -0.3 is 5.11 Å². The molecule has 0 radical (unpaired) electrons. The first-order valence-corrected chi connectivity index (χ1v) is 8.41. The number of pyridine rings is 1. The number of hydrogen-bond donors (Lipinski definition) is 2. The summed E-state index contributed by atoms with van der Waals surface area (Å²) in [5, 5.41) is 9.24. The van der Waals surface area contributed by atoms with Gasteiger partial charge in [-0.3, -0.25) is 4.98 Å². The van der Waals surface area contributed by atoms with E-state index in [4.69, 9.17) is 0 Å². The number of hydrogen-bond acceptors (Lipinski definition) is 4. The van der Waals surface area contributed by atoms with Gasteiger partial charge in [0.2, 0.25) is 10.0 Å². The highest BCUT2D eigenvalue weighted by molar-refractivity contribution is 7.89. The number of carboxylic acids is 1. The lowest BCUT2D eigenvalue weighted by Gasteiger charge is -2.20. The molecule has 1 aromatic heterocycles. The van der Waals surface area contributed by atoms with Crippen LogP contribution in [-0.4, -0.2) is 30.0 Å². The second-order valence-electron chi connectivity index (χ2n) is 6.09. The van der Waals surface area contributed by atoms with Gasteiger partial charge in [-0.2, -0.15) is 0 Å². The van der Waals surface area contributed by atoms with E-state index in [9.17, 15) is 18.3 Å². The van der Waals surface area contributed by atoms with Crippen LogP contribution in [0.5, 0.6) is 0 Å². The van der Waals surface area contributed by atoms with E-state index in [0.29, 0.717) is 5.56 Å². The molecule has 2 rings (SSSR count). The lowest BCUT2D eigenvalue weighted by Crippen LogP contribution is -2.40. The van der Waals surface area contributed by atoms with Gasteiger partial charge in [0.15, 0.2) is 0 Å². The van der Waals surface area contributed by atoms with Crippen molar-refractivity contribution in [3.8, 4) is 11.3 Å². The Morgan fingerprint density at radius 1 is 1.17 bits per heavy atom. The molecule has 1 aromatic carbocycles. The Morgan fingerprint density at radius 3 is 2.48 bits per heavy atom. The highest BCUT2D eigenvalue weighted by atomic mass is 32.2. The van der Waals surface area contributed by atoms with Crippen molar-refractivity contribution in [3.63, 3.8) is 0 Å². The maximum absolute atomic E-state index is 12.4. The summed E-state index contributed by atoms with van der Waals surface area (Å²) in [5.41, 5.74) is 0.0601. The molecular formula is C16H18N2O4S. The molecule has 0 aliphatic heterocycles. The third-order valence-corrected chi connectivity index (χ3v) is 4.65. The van der Waals surface area contributed by atoms with Crippen LogP contribution >= 0.6 is 0 Å². The van der Waals surface area contributed by atoms with Gasteiger partial charge >= 0.3 is 5.97 Å². The topological polar surface area (TPSA) is 96.4 Å². The van der Waals surface area contributed by atoms with Gasteiger partial charge in [-0.15, -0.1) is 0 Å². The fraction of sp³-hybridized carbons (Fsp3) is 0.250. The zero-order chi connectivity index (χ0) is 17.3. The number of carbonyl (C=O) groups is 1. The molecule has 0 bridgehead atoms. The summed E-state index contributed by atoms with van der Waals surface area (Å²) in [6.07, 6.45) is 1.47. The molecule has 6 nitrogen and oxygen atoms in total. The molecule has 122 valence electrons. The van der Waals surface area contributed by atoms with Crippen molar-refractivity contribution in [3.05, 3.63) is 48.2 Å². The monoisotopic (exact) mass is 334 g/mol. The molecule has 23 heavy (non-hydrogen) atoms. The quantitative estimate of drug-likeness (QED) is 0.895. The minimum atomic E-state index is -3.71. The maximum atomic E-state index is 12.4. The van der Waals surface area contributed by atoms with Crippen molar-refractivity contribution in [1.29, 1.82) is 0 Å². The van der Waals surface area contributed by atoms with E-state index in [1.807, 2.05) is 0 Å². The molecule has 0 spiro atoms. The standard InChI is InChI=1S/C16H18N2O4S/c1-16(2,3)18-23(21,22)12-7-4-6-11(10-12)14-13(15(19)20)8-5-9-17-14/h4-10,18H,1-3H3,(H,19,20). The molecule has 2 aromatic rings. The third kappa shape index (κ3) is 4.14. The summed E-state index contributed by atoms with van der Waals surface area (Å²) >= 11 is 0. The molecule has 0 saturated heterocycles. The van der Waals surface area contributed by atoms with Crippen molar-refractivity contribution in [2.24, 2.45) is 0 Å². The average Bonchev–Trinajstić information content (AvgIpc) is 2.45. The fourth-order valence-electron chi connectivity index (χ4n) is 2.08. The molecular weight excluding hydrogens is 316 g/mol. The summed E-state index contributed by atoms with van der Waals surface area (Å²) in [6.45, 7) is 5.24. The SMILES string of the molecule is CC(C)(C)NS(=O)(=O)c1cccc(-c2ncccc2C(=O)O)c1. The van der Waals surface area contributed by atoms with Crippen molar-refractivity contribution in [2.45, 2.75) is 31.2 Å². The molecule has 0 fully saturated rings. The Hall–Kier alpha value is -2.25. The lowest BCUT2D eigenvalue weighted by atomic mass is 10.1. The Bertz CT molecular complexity index is 839. The van der Waals surface area contributed by atoms with Crippen LogP contribution in [0.25, 0.3) is 11.3 Å². The molecule has 0 atom stereocenters. The van der Waals surface area contributed by atoms with Crippen molar-refractivity contribution < 1.29 is 18.3 Å². The third-order valence-electron chi connectivity index (χ3n) is 2.90. The summed E-state index contributed by atoms with van der Waals surface area (Å²) in [6, 6.07) is 9.02. The van der Waals surface area contributed by atoms with Crippen LogP contribution in [0, 0.1) is 0 Å². The van der Waals surface area contributed by atoms with Crippen LogP contribution in [0.3, 0.4) is 0 Å². The van der Waals surface area contributed by atoms with Crippen LogP contribution in [0.4, 0.5) is 0 Å². The van der Waals surface area contributed by atoms with E-state index in [0.717, 1.165) is 0 Å². The molecule has 0 saturated carbocycles. The van der Waals surface area contributed by atoms with Gasteiger partial charge in [-0.25, -0.2) is 17.9 Å². The van der Waals surface area contributed by atoms with E-state index >= 15 is 0 Å². The Labute approximate surface area is 135 Å². The fourth-order valence-corrected chi connectivity index (χ4v) is 3.54. The zero-order valence-corrected chi connectivity index (χ0v) is 13.9. The van der Waals surface area contributed by atoms with Gasteiger partial charge in [0.25, 0.3) is 0 Å². The van der Waals surface area contributed by atoms with E-state index in [1.54, 1.807) is 32.9 Å².